The Kier molecular flexibility index (Phi) is 6.51. The molecule has 38 heavy (non-hydrogen) atoms. The van der Waals surface area contributed by atoms with Gasteiger partial charge in [-0.2, -0.15) is 0 Å². The minimum absolute atomic E-state index is 0.0177. The summed E-state index contributed by atoms with van der Waals surface area (Å²) in [6.07, 6.45) is 2.02. The van der Waals surface area contributed by atoms with Crippen LogP contribution in [0, 0.1) is 0 Å². The monoisotopic (exact) mass is 540 g/mol. The van der Waals surface area contributed by atoms with E-state index >= 15 is 0 Å². The molecule has 4 heterocycles. The van der Waals surface area contributed by atoms with E-state index < -0.39 is 0 Å². The number of carbonyl (C=O) groups is 2. The van der Waals surface area contributed by atoms with Crippen molar-refractivity contribution in [3.05, 3.63) is 82.6 Å². The summed E-state index contributed by atoms with van der Waals surface area (Å²) < 4.78 is 5.50. The molecule has 6 rings (SSSR count). The normalized spacial score (nSPS) is 12.3. The fourth-order valence-electron chi connectivity index (χ4n) is 3.98. The maximum absolute atomic E-state index is 12.5. The number of fused-ring (bicyclic) bond motifs is 1. The Morgan fingerprint density at radius 1 is 1.03 bits per heavy atom. The molecule has 1 aliphatic heterocycles. The van der Waals surface area contributed by atoms with E-state index in [-0.39, 0.29) is 18.4 Å². The highest BCUT2D eigenvalue weighted by Crippen LogP contribution is 2.35. The standard InChI is InChI=1S/C27H20N6O3S2/c34-23(13-19-5-2-10-37-19)30-17-4-1-3-16(11-17)25-26(38-15-29-25)21-8-9-28-27(33-21)31-18-6-7-20-22(12-18)36-14-24(35)32-20/h1-12,15H,13-14H2,(H,30,34)(H,32,35)(H,28,31,33). The summed E-state index contributed by atoms with van der Waals surface area (Å²) in [5.74, 6) is 0.750. The summed E-state index contributed by atoms with van der Waals surface area (Å²) in [4.78, 5) is 39.5. The number of hydrogen-bond donors (Lipinski definition) is 3. The number of thiazole rings is 1. The number of carbonyl (C=O) groups excluding carboxylic acids is 2. The Hall–Kier alpha value is -4.61. The fourth-order valence-corrected chi connectivity index (χ4v) is 5.46. The van der Waals surface area contributed by atoms with Crippen LogP contribution < -0.4 is 20.7 Å². The van der Waals surface area contributed by atoms with Crippen LogP contribution >= 0.6 is 22.7 Å². The van der Waals surface area contributed by atoms with Gasteiger partial charge in [0.25, 0.3) is 5.91 Å². The Labute approximate surface area is 225 Å². The second kappa shape index (κ2) is 10.4. The van der Waals surface area contributed by atoms with Crippen LogP contribution in [-0.2, 0) is 16.0 Å². The first kappa shape index (κ1) is 23.8. The molecule has 0 bridgehead atoms. The topological polar surface area (TPSA) is 118 Å². The predicted molar refractivity (Wildman–Crippen MR) is 149 cm³/mol. The van der Waals surface area contributed by atoms with Crippen LogP contribution in [0.2, 0.25) is 0 Å². The van der Waals surface area contributed by atoms with E-state index in [1.165, 1.54) is 11.3 Å². The van der Waals surface area contributed by atoms with Crippen LogP contribution in [-0.4, -0.2) is 33.4 Å². The number of nitrogens with zero attached hydrogens (tertiary/aromatic N) is 3. The van der Waals surface area contributed by atoms with E-state index in [4.69, 9.17) is 9.72 Å². The Bertz CT molecular complexity index is 1630. The molecule has 3 N–H and O–H groups in total. The lowest BCUT2D eigenvalue weighted by Gasteiger charge is -2.18. The number of thiophene rings is 1. The highest BCUT2D eigenvalue weighted by molar-refractivity contribution is 7.13. The maximum atomic E-state index is 12.5. The molecule has 0 unspecified atom stereocenters. The largest absolute Gasteiger partial charge is 0.482 e. The van der Waals surface area contributed by atoms with Crippen molar-refractivity contribution in [2.45, 2.75) is 6.42 Å². The lowest BCUT2D eigenvalue weighted by molar-refractivity contribution is -0.118. The number of benzene rings is 2. The molecule has 0 saturated heterocycles. The van der Waals surface area contributed by atoms with Gasteiger partial charge < -0.3 is 20.7 Å². The average molecular weight is 541 g/mol. The van der Waals surface area contributed by atoms with E-state index in [1.54, 1.807) is 35.2 Å². The molecule has 0 radical (unpaired) electrons. The zero-order chi connectivity index (χ0) is 25.9. The second-order valence-electron chi connectivity index (χ2n) is 8.35. The molecule has 9 nitrogen and oxygen atoms in total. The molecule has 2 amide bonds. The van der Waals surface area contributed by atoms with Crippen molar-refractivity contribution in [1.82, 2.24) is 15.0 Å². The van der Waals surface area contributed by atoms with Crippen LogP contribution in [0.3, 0.4) is 0 Å². The van der Waals surface area contributed by atoms with Gasteiger partial charge in [0.15, 0.2) is 6.61 Å². The highest BCUT2D eigenvalue weighted by atomic mass is 32.1. The predicted octanol–water partition coefficient (Wildman–Crippen LogP) is 5.58. The van der Waals surface area contributed by atoms with Gasteiger partial charge in [-0.1, -0.05) is 18.2 Å². The van der Waals surface area contributed by atoms with Crippen molar-refractivity contribution in [1.29, 1.82) is 0 Å². The van der Waals surface area contributed by atoms with Crippen LogP contribution in [0.15, 0.2) is 77.8 Å². The van der Waals surface area contributed by atoms with Crippen molar-refractivity contribution in [3.8, 4) is 27.6 Å². The number of nitrogens with one attached hydrogen (secondary N) is 3. The van der Waals surface area contributed by atoms with Crippen LogP contribution in [0.4, 0.5) is 23.0 Å². The van der Waals surface area contributed by atoms with Gasteiger partial charge in [0.2, 0.25) is 11.9 Å². The second-order valence-corrected chi connectivity index (χ2v) is 10.2. The third-order valence-corrected chi connectivity index (χ3v) is 7.39. The summed E-state index contributed by atoms with van der Waals surface area (Å²) in [6.45, 7) is -0.0177. The lowest BCUT2D eigenvalue weighted by Crippen LogP contribution is -2.25. The van der Waals surface area contributed by atoms with Gasteiger partial charge in [0, 0.05) is 34.1 Å². The molecule has 11 heteroatoms. The Morgan fingerprint density at radius 3 is 2.87 bits per heavy atom. The Balaban J connectivity index is 1.21. The van der Waals surface area contributed by atoms with E-state index in [9.17, 15) is 9.59 Å². The quantitative estimate of drug-likeness (QED) is 0.246. The molecule has 0 spiro atoms. The zero-order valence-corrected chi connectivity index (χ0v) is 21.4. The number of anilines is 4. The summed E-state index contributed by atoms with van der Waals surface area (Å²) in [5, 5.41) is 10.9. The molecule has 2 aromatic carbocycles. The first-order chi connectivity index (χ1) is 18.6. The number of rotatable bonds is 7. The molecule has 5 aromatic rings. The molecule has 0 saturated carbocycles. The van der Waals surface area contributed by atoms with Gasteiger partial charge in [-0.3, -0.25) is 9.59 Å². The maximum Gasteiger partial charge on any atom is 0.262 e. The summed E-state index contributed by atoms with van der Waals surface area (Å²) >= 11 is 3.04. The summed E-state index contributed by atoms with van der Waals surface area (Å²) in [7, 11) is 0. The first-order valence-electron chi connectivity index (χ1n) is 11.6. The highest BCUT2D eigenvalue weighted by Gasteiger charge is 2.17. The van der Waals surface area contributed by atoms with Gasteiger partial charge in [-0.25, -0.2) is 15.0 Å². The third-order valence-electron chi connectivity index (χ3n) is 5.66. The lowest BCUT2D eigenvalue weighted by atomic mass is 10.1. The third kappa shape index (κ3) is 5.24. The van der Waals surface area contributed by atoms with Crippen molar-refractivity contribution in [2.75, 3.05) is 22.6 Å². The molecule has 0 fully saturated rings. The molecular weight excluding hydrogens is 520 g/mol. The van der Waals surface area contributed by atoms with Crippen molar-refractivity contribution in [3.63, 3.8) is 0 Å². The van der Waals surface area contributed by atoms with Crippen LogP contribution in [0.5, 0.6) is 5.75 Å². The number of ether oxygens (including phenoxy) is 1. The van der Waals surface area contributed by atoms with Gasteiger partial charge in [-0.05, 0) is 41.8 Å². The van der Waals surface area contributed by atoms with E-state index in [1.807, 2.05) is 53.9 Å². The minimum Gasteiger partial charge on any atom is -0.482 e. The van der Waals surface area contributed by atoms with Crippen LogP contribution in [0.1, 0.15) is 4.88 Å². The summed E-state index contributed by atoms with van der Waals surface area (Å²) in [6, 6.07) is 18.7. The van der Waals surface area contributed by atoms with Crippen molar-refractivity contribution in [2.24, 2.45) is 0 Å². The Morgan fingerprint density at radius 2 is 1.97 bits per heavy atom. The average Bonchev–Trinajstić information content (AvgIpc) is 3.62. The fraction of sp³-hybridized carbons (Fsp3) is 0.0741. The van der Waals surface area contributed by atoms with Crippen LogP contribution in [0.25, 0.3) is 21.8 Å². The zero-order valence-electron chi connectivity index (χ0n) is 19.8. The molecule has 1 aliphatic rings. The van der Waals surface area contributed by atoms with E-state index in [0.29, 0.717) is 35.2 Å². The van der Waals surface area contributed by atoms with Gasteiger partial charge in [-0.15, -0.1) is 22.7 Å². The molecule has 0 aliphatic carbocycles. The molecule has 0 atom stereocenters. The number of aromatic nitrogens is 3. The van der Waals surface area contributed by atoms with E-state index in [2.05, 4.69) is 25.9 Å². The molecular formula is C27H20N6O3S2. The van der Waals surface area contributed by atoms with E-state index in [0.717, 1.165) is 26.7 Å². The summed E-state index contributed by atoms with van der Waals surface area (Å²) in [5.41, 5.74) is 6.20. The molecule has 3 aromatic heterocycles. The smallest absolute Gasteiger partial charge is 0.262 e. The van der Waals surface area contributed by atoms with Crippen molar-refractivity contribution < 1.29 is 14.3 Å². The van der Waals surface area contributed by atoms with Gasteiger partial charge in [0.1, 0.15) is 5.75 Å². The minimum atomic E-state index is -0.180. The number of hydrogen-bond acceptors (Lipinski definition) is 9. The first-order valence-corrected chi connectivity index (χ1v) is 13.4. The van der Waals surface area contributed by atoms with Gasteiger partial charge in [0.05, 0.1) is 33.9 Å². The molecule has 188 valence electrons. The SMILES string of the molecule is O=C(Cc1cccs1)Nc1cccc(-c2ncsc2-c2ccnc(Nc3ccc4c(c3)OCC(=O)N4)n2)c1. The van der Waals surface area contributed by atoms with Gasteiger partial charge >= 0.3 is 0 Å². The number of amides is 2. The van der Waals surface area contributed by atoms with Crippen molar-refractivity contribution >= 4 is 57.5 Å².